The predicted octanol–water partition coefficient (Wildman–Crippen LogP) is 5.16. The van der Waals surface area contributed by atoms with Crippen molar-refractivity contribution in [3.63, 3.8) is 0 Å². The Morgan fingerprint density at radius 1 is 1.15 bits per heavy atom. The summed E-state index contributed by atoms with van der Waals surface area (Å²) in [7, 11) is 1.55. The lowest BCUT2D eigenvalue weighted by molar-refractivity contribution is -0.116. The van der Waals surface area contributed by atoms with Crippen LogP contribution in [0.5, 0.6) is 11.6 Å². The Morgan fingerprint density at radius 3 is 2.68 bits per heavy atom. The highest BCUT2D eigenvalue weighted by atomic mass is 19.1. The van der Waals surface area contributed by atoms with E-state index in [0.717, 1.165) is 22.2 Å². The highest BCUT2D eigenvalue weighted by molar-refractivity contribution is 5.92. The van der Waals surface area contributed by atoms with Gasteiger partial charge in [0.05, 0.1) is 30.8 Å². The molecule has 2 aromatic heterocycles. The van der Waals surface area contributed by atoms with Crippen LogP contribution in [-0.4, -0.2) is 34.4 Å². The van der Waals surface area contributed by atoms with Crippen molar-refractivity contribution in [2.75, 3.05) is 19.0 Å². The number of hydrogen-bond donors (Lipinski definition) is 1. The van der Waals surface area contributed by atoms with E-state index in [1.54, 1.807) is 23.9 Å². The van der Waals surface area contributed by atoms with Gasteiger partial charge in [-0.3, -0.25) is 4.79 Å². The molecule has 2 heterocycles. The molecule has 1 N–H and O–H groups in total. The van der Waals surface area contributed by atoms with Gasteiger partial charge in [-0.15, -0.1) is 0 Å². The van der Waals surface area contributed by atoms with Crippen molar-refractivity contribution in [3.05, 3.63) is 71.2 Å². The number of anilines is 1. The largest absolute Gasteiger partial charge is 0.492 e. The molecule has 0 unspecified atom stereocenters. The van der Waals surface area contributed by atoms with Crippen molar-refractivity contribution in [2.24, 2.45) is 0 Å². The van der Waals surface area contributed by atoms with E-state index in [1.807, 2.05) is 45.0 Å². The van der Waals surface area contributed by atoms with Gasteiger partial charge in [-0.1, -0.05) is 18.2 Å². The number of amides is 1. The molecular formula is C26H27FN4O3. The van der Waals surface area contributed by atoms with E-state index in [4.69, 9.17) is 9.47 Å². The number of fused-ring (bicyclic) bond motifs is 1. The second-order valence-electron chi connectivity index (χ2n) is 7.88. The number of rotatable bonds is 8. The summed E-state index contributed by atoms with van der Waals surface area (Å²) in [6.07, 6.45) is 0.674. The Kier molecular flexibility index (Phi) is 6.77. The van der Waals surface area contributed by atoms with Crippen LogP contribution in [-0.2, 0) is 11.2 Å². The third-order valence-corrected chi connectivity index (χ3v) is 5.64. The third kappa shape index (κ3) is 4.57. The summed E-state index contributed by atoms with van der Waals surface area (Å²) in [5.74, 6) is 0.567. The molecule has 1 amide bonds. The third-order valence-electron chi connectivity index (χ3n) is 5.64. The van der Waals surface area contributed by atoms with E-state index in [1.165, 1.54) is 12.1 Å². The molecule has 34 heavy (non-hydrogen) atoms. The molecule has 0 aliphatic rings. The topological polar surface area (TPSA) is 78.3 Å². The van der Waals surface area contributed by atoms with Crippen LogP contribution >= 0.6 is 0 Å². The van der Waals surface area contributed by atoms with Crippen molar-refractivity contribution in [1.82, 2.24) is 14.8 Å². The van der Waals surface area contributed by atoms with E-state index in [-0.39, 0.29) is 18.1 Å². The summed E-state index contributed by atoms with van der Waals surface area (Å²) in [5, 5.41) is 8.38. The number of aromatic nitrogens is 3. The number of nitrogens with one attached hydrogen (secondary N) is 1. The molecule has 0 saturated heterocycles. The summed E-state index contributed by atoms with van der Waals surface area (Å²) >= 11 is 0. The van der Waals surface area contributed by atoms with Gasteiger partial charge < -0.3 is 14.8 Å². The second kappa shape index (κ2) is 9.91. The average molecular weight is 463 g/mol. The Balaban J connectivity index is 1.63. The molecule has 0 aliphatic heterocycles. The summed E-state index contributed by atoms with van der Waals surface area (Å²) in [6, 6.07) is 13.6. The zero-order valence-electron chi connectivity index (χ0n) is 19.7. The number of methoxy groups -OCH3 is 1. The van der Waals surface area contributed by atoms with Crippen LogP contribution in [0.15, 0.2) is 48.5 Å². The first-order valence-corrected chi connectivity index (χ1v) is 11.1. The highest BCUT2D eigenvalue weighted by Gasteiger charge is 2.20. The van der Waals surface area contributed by atoms with Gasteiger partial charge in [0.15, 0.2) is 5.65 Å². The molecule has 0 spiro atoms. The number of benzene rings is 2. The molecule has 0 bridgehead atoms. The number of aryl methyl sites for hydroxylation is 2. The number of nitrogens with zero attached hydrogens (tertiary/aromatic N) is 3. The van der Waals surface area contributed by atoms with E-state index in [0.29, 0.717) is 41.7 Å². The van der Waals surface area contributed by atoms with Gasteiger partial charge in [-0.2, -0.15) is 10.1 Å². The van der Waals surface area contributed by atoms with Crippen LogP contribution in [0.1, 0.15) is 30.2 Å². The molecule has 7 nitrogen and oxygen atoms in total. The number of para-hydroxylation sites is 2. The summed E-state index contributed by atoms with van der Waals surface area (Å²) in [5.41, 5.74) is 4.33. The zero-order valence-corrected chi connectivity index (χ0v) is 19.7. The zero-order chi connectivity index (χ0) is 24.2. The van der Waals surface area contributed by atoms with Crippen LogP contribution in [0.4, 0.5) is 10.1 Å². The van der Waals surface area contributed by atoms with Gasteiger partial charge >= 0.3 is 0 Å². The molecule has 2 aromatic carbocycles. The molecule has 0 atom stereocenters. The van der Waals surface area contributed by atoms with Gasteiger partial charge in [0.2, 0.25) is 11.8 Å². The van der Waals surface area contributed by atoms with Crippen LogP contribution < -0.4 is 14.8 Å². The number of ether oxygens (including phenoxy) is 2. The van der Waals surface area contributed by atoms with Gasteiger partial charge in [0.25, 0.3) is 0 Å². The molecule has 0 fully saturated rings. The minimum absolute atomic E-state index is 0.138. The lowest BCUT2D eigenvalue weighted by Crippen LogP contribution is -2.14. The fourth-order valence-corrected chi connectivity index (χ4v) is 4.09. The summed E-state index contributed by atoms with van der Waals surface area (Å²) in [6.45, 7) is 6.27. The van der Waals surface area contributed by atoms with Crippen molar-refractivity contribution in [3.8, 4) is 17.3 Å². The van der Waals surface area contributed by atoms with Crippen LogP contribution in [0.25, 0.3) is 16.7 Å². The molecule has 0 saturated carbocycles. The normalized spacial score (nSPS) is 11.0. The highest BCUT2D eigenvalue weighted by Crippen LogP contribution is 2.32. The maximum atomic E-state index is 13.8. The van der Waals surface area contributed by atoms with Crippen molar-refractivity contribution < 1.29 is 18.7 Å². The first-order chi connectivity index (χ1) is 16.4. The molecule has 0 aliphatic carbocycles. The predicted molar refractivity (Wildman–Crippen MR) is 129 cm³/mol. The van der Waals surface area contributed by atoms with Gasteiger partial charge in [0, 0.05) is 17.4 Å². The van der Waals surface area contributed by atoms with E-state index < -0.39 is 0 Å². The lowest BCUT2D eigenvalue weighted by Gasteiger charge is -2.14. The fraction of sp³-hybridized carbons (Fsp3) is 0.269. The fourth-order valence-electron chi connectivity index (χ4n) is 4.09. The Morgan fingerprint density at radius 2 is 1.94 bits per heavy atom. The molecule has 8 heteroatoms. The Hall–Kier alpha value is -3.94. The molecule has 4 rings (SSSR count). The smallest absolute Gasteiger partial charge is 0.224 e. The van der Waals surface area contributed by atoms with Crippen LogP contribution in [0, 0.1) is 19.7 Å². The molecular weight excluding hydrogens is 435 g/mol. The Bertz CT molecular complexity index is 1350. The summed E-state index contributed by atoms with van der Waals surface area (Å²) in [4.78, 5) is 17.4. The maximum absolute atomic E-state index is 13.8. The first-order valence-electron chi connectivity index (χ1n) is 11.1. The van der Waals surface area contributed by atoms with Crippen molar-refractivity contribution in [2.45, 2.75) is 33.6 Å². The van der Waals surface area contributed by atoms with Crippen molar-refractivity contribution in [1.29, 1.82) is 0 Å². The minimum Gasteiger partial charge on any atom is -0.492 e. The second-order valence-corrected chi connectivity index (χ2v) is 7.88. The number of carbonyl (C=O) groups excluding carboxylic acids is 1. The Labute approximate surface area is 197 Å². The lowest BCUT2D eigenvalue weighted by atomic mass is 10.0. The number of halogens is 1. The van der Waals surface area contributed by atoms with Gasteiger partial charge in [-0.25, -0.2) is 9.07 Å². The van der Waals surface area contributed by atoms with E-state index in [9.17, 15) is 9.18 Å². The van der Waals surface area contributed by atoms with Gasteiger partial charge in [0.1, 0.15) is 11.6 Å². The van der Waals surface area contributed by atoms with Crippen LogP contribution in [0.2, 0.25) is 0 Å². The number of hydrogen-bond acceptors (Lipinski definition) is 5. The quantitative estimate of drug-likeness (QED) is 0.392. The van der Waals surface area contributed by atoms with Crippen molar-refractivity contribution >= 4 is 22.6 Å². The molecule has 0 radical (unpaired) electrons. The SMILES string of the molecule is CCOc1ccccc1NC(=O)CCc1c(OC)nc2c(c(C)nn2-c2cccc(F)c2)c1C. The summed E-state index contributed by atoms with van der Waals surface area (Å²) < 4.78 is 26.6. The van der Waals surface area contributed by atoms with Gasteiger partial charge in [-0.05, 0) is 63.1 Å². The number of pyridine rings is 1. The monoisotopic (exact) mass is 462 g/mol. The van der Waals surface area contributed by atoms with E-state index in [2.05, 4.69) is 15.4 Å². The minimum atomic E-state index is -0.351. The standard InChI is InChI=1S/C26H27FN4O3/c1-5-34-22-12-7-6-11-21(22)28-23(32)14-13-20-16(2)24-17(3)30-31(25(24)29-26(20)33-4)19-10-8-9-18(27)15-19/h6-12,15H,5,13-14H2,1-4H3,(H,28,32). The maximum Gasteiger partial charge on any atom is 0.224 e. The van der Waals surface area contributed by atoms with E-state index >= 15 is 0 Å². The molecule has 176 valence electrons. The number of carbonyl (C=O) groups is 1. The molecule has 4 aromatic rings. The first kappa shape index (κ1) is 23.2. The average Bonchev–Trinajstić information content (AvgIpc) is 3.16. The van der Waals surface area contributed by atoms with Crippen LogP contribution in [0.3, 0.4) is 0 Å².